The highest BCUT2D eigenvalue weighted by atomic mass is 32.2. The number of ether oxygens (including phenoxy) is 1. The normalized spacial score (nSPS) is 34.4. The van der Waals surface area contributed by atoms with Crippen molar-refractivity contribution in [1.29, 1.82) is 5.26 Å². The molecule has 236 valence electrons. The molecule has 3 aliphatic rings. The van der Waals surface area contributed by atoms with E-state index in [0.717, 1.165) is 39.4 Å². The van der Waals surface area contributed by atoms with Gasteiger partial charge in [-0.15, -0.1) is 17.9 Å². The molecule has 3 saturated carbocycles. The largest absolute Gasteiger partial charge is 0.461 e. The number of nitrogens with zero attached hydrogens (tertiary/aromatic N) is 3. The van der Waals surface area contributed by atoms with Crippen molar-refractivity contribution < 1.29 is 24.0 Å². The van der Waals surface area contributed by atoms with Crippen LogP contribution in [-0.4, -0.2) is 39.8 Å². The van der Waals surface area contributed by atoms with E-state index in [2.05, 4.69) is 44.2 Å². The van der Waals surface area contributed by atoms with Crippen LogP contribution in [0.3, 0.4) is 0 Å². The zero-order chi connectivity index (χ0) is 32.1. The van der Waals surface area contributed by atoms with Crippen molar-refractivity contribution in [2.45, 2.75) is 82.9 Å². The van der Waals surface area contributed by atoms with E-state index in [1.54, 1.807) is 11.3 Å². The van der Waals surface area contributed by atoms with Crippen LogP contribution in [0.4, 0.5) is 0 Å². The Balaban J connectivity index is 1.20. The van der Waals surface area contributed by atoms with Gasteiger partial charge in [0.2, 0.25) is 0 Å². The smallest absolute Gasteiger partial charge is 0.316 e. The number of carbonyl (C=O) groups is 2. The zero-order valence-electron chi connectivity index (χ0n) is 26.5. The summed E-state index contributed by atoms with van der Waals surface area (Å²) in [5.74, 6) is -0.0630. The van der Waals surface area contributed by atoms with Crippen molar-refractivity contribution in [2.24, 2.45) is 34.0 Å². The molecule has 6 rings (SSSR count). The lowest BCUT2D eigenvalue weighted by Crippen LogP contribution is -2.63. The van der Waals surface area contributed by atoms with Gasteiger partial charge in [0.25, 0.3) is 0 Å². The molecule has 8 atom stereocenters. The van der Waals surface area contributed by atoms with Gasteiger partial charge < -0.3 is 9.84 Å². The number of aliphatic hydroxyl groups excluding tert-OH is 1. The number of Topliss-reactive ketones (excluding diaryl/α,β-unsaturated/α-hetero) is 1. The molecule has 9 heteroatoms. The van der Waals surface area contributed by atoms with Crippen LogP contribution in [0.15, 0.2) is 59.7 Å². The minimum absolute atomic E-state index is 0.0576. The summed E-state index contributed by atoms with van der Waals surface area (Å²) in [6, 6.07) is 11.7. The van der Waals surface area contributed by atoms with Gasteiger partial charge in [0, 0.05) is 34.8 Å². The third-order valence-corrected chi connectivity index (χ3v) is 13.8. The van der Waals surface area contributed by atoms with E-state index in [4.69, 9.17) is 15.0 Å². The summed E-state index contributed by atoms with van der Waals surface area (Å²) in [5.41, 5.74) is 1.14. The molecule has 2 heterocycles. The fraction of sp³-hybridized carbons (Fsp3) is 0.528. The number of aliphatic hydroxyl groups is 1. The molecule has 0 spiro atoms. The number of thiazole rings is 1. The monoisotopic (exact) mass is 644 g/mol. The summed E-state index contributed by atoms with van der Waals surface area (Å²) in [5, 5.41) is 20.8. The molecule has 7 nitrogen and oxygen atoms in total. The number of hydrogen-bond donors (Lipinski definition) is 1. The first-order chi connectivity index (χ1) is 21.4. The van der Waals surface area contributed by atoms with Crippen LogP contribution in [0.5, 0.6) is 0 Å². The van der Waals surface area contributed by atoms with Gasteiger partial charge in [-0.05, 0) is 55.1 Å². The van der Waals surface area contributed by atoms with Crippen molar-refractivity contribution in [3.8, 4) is 6.07 Å². The molecule has 45 heavy (non-hydrogen) atoms. The molecule has 2 bridgehead atoms. The number of pyridine rings is 1. The third-order valence-electron chi connectivity index (χ3n) is 11.7. The summed E-state index contributed by atoms with van der Waals surface area (Å²) in [4.78, 5) is 31.9. The molecule has 3 aromatic rings. The SMILES string of the molecule is C=C[C@]1(C)C[C@@H](OC(=O)CSc2nc3cc[n+](Cc4ccc(C#N)cc4)cc3s2)[C@]2(C)[C@H](C)CC[C@]3(CCC(=O)[C@H]32)[C@@H](C)[C@@H]1O. The highest BCUT2D eigenvalue weighted by molar-refractivity contribution is 8.01. The molecule has 0 amide bonds. The number of nitriles is 1. The second-order valence-corrected chi connectivity index (χ2v) is 16.3. The lowest BCUT2D eigenvalue weighted by atomic mass is 9.44. The minimum atomic E-state index is -0.681. The second-order valence-electron chi connectivity index (χ2n) is 14.0. The minimum Gasteiger partial charge on any atom is -0.461 e. The Morgan fingerprint density at radius 2 is 2.02 bits per heavy atom. The molecule has 3 aliphatic carbocycles. The van der Waals surface area contributed by atoms with E-state index in [1.165, 1.54) is 11.8 Å². The van der Waals surface area contributed by atoms with Gasteiger partial charge in [0.15, 0.2) is 23.3 Å². The van der Waals surface area contributed by atoms with E-state index in [-0.39, 0.29) is 40.7 Å². The van der Waals surface area contributed by atoms with Gasteiger partial charge in [-0.1, -0.05) is 57.7 Å². The second kappa shape index (κ2) is 11.9. The van der Waals surface area contributed by atoms with Gasteiger partial charge in [0.05, 0.1) is 29.0 Å². The van der Waals surface area contributed by atoms with E-state index in [9.17, 15) is 14.7 Å². The molecule has 1 aromatic carbocycles. The summed E-state index contributed by atoms with van der Waals surface area (Å²) < 4.78 is 10.3. The average molecular weight is 645 g/mol. The van der Waals surface area contributed by atoms with E-state index < -0.39 is 23.0 Å². The van der Waals surface area contributed by atoms with Crippen LogP contribution < -0.4 is 4.57 Å². The molecular weight excluding hydrogens is 603 g/mol. The zero-order valence-corrected chi connectivity index (χ0v) is 28.1. The molecule has 0 saturated heterocycles. The molecule has 0 unspecified atom stereocenters. The summed E-state index contributed by atoms with van der Waals surface area (Å²) in [6.45, 7) is 13.3. The lowest BCUT2D eigenvalue weighted by Gasteiger charge is -2.61. The van der Waals surface area contributed by atoms with Gasteiger partial charge in [-0.2, -0.15) is 9.83 Å². The van der Waals surface area contributed by atoms with Crippen molar-refractivity contribution in [3.05, 3.63) is 66.5 Å². The topological polar surface area (TPSA) is 104 Å². The number of aromatic nitrogens is 2. The predicted octanol–water partition coefficient (Wildman–Crippen LogP) is 6.50. The van der Waals surface area contributed by atoms with E-state index in [0.29, 0.717) is 24.9 Å². The number of carbonyl (C=O) groups excluding carboxylic acids is 2. The van der Waals surface area contributed by atoms with Crippen LogP contribution >= 0.6 is 23.1 Å². The van der Waals surface area contributed by atoms with E-state index in [1.807, 2.05) is 49.5 Å². The van der Waals surface area contributed by atoms with Gasteiger partial charge in [0.1, 0.15) is 16.6 Å². The molecular formula is C36H42N3O4S2+. The Morgan fingerprint density at radius 1 is 1.27 bits per heavy atom. The maximum absolute atomic E-state index is 13.6. The third kappa shape index (κ3) is 5.43. The Morgan fingerprint density at radius 3 is 2.73 bits per heavy atom. The van der Waals surface area contributed by atoms with Crippen LogP contribution in [0.2, 0.25) is 0 Å². The fourth-order valence-corrected chi connectivity index (χ4v) is 10.7. The molecule has 1 N–H and O–H groups in total. The molecule has 0 aliphatic heterocycles. The van der Waals surface area contributed by atoms with Crippen molar-refractivity contribution >= 4 is 45.1 Å². The van der Waals surface area contributed by atoms with Gasteiger partial charge >= 0.3 is 5.97 Å². The average Bonchev–Trinajstić information content (AvgIpc) is 3.61. The maximum Gasteiger partial charge on any atom is 0.316 e. The lowest BCUT2D eigenvalue weighted by molar-refractivity contribution is -0.686. The highest BCUT2D eigenvalue weighted by Gasteiger charge is 2.68. The van der Waals surface area contributed by atoms with Crippen LogP contribution in [0.25, 0.3) is 10.2 Å². The fourth-order valence-electron chi connectivity index (χ4n) is 8.76. The Hall–Kier alpha value is -3.06. The first-order valence-electron chi connectivity index (χ1n) is 15.9. The van der Waals surface area contributed by atoms with Crippen LogP contribution in [0, 0.1) is 45.3 Å². The van der Waals surface area contributed by atoms with Crippen molar-refractivity contribution in [3.63, 3.8) is 0 Å². The predicted molar refractivity (Wildman–Crippen MR) is 175 cm³/mol. The number of rotatable bonds is 7. The highest BCUT2D eigenvalue weighted by Crippen LogP contribution is 2.68. The van der Waals surface area contributed by atoms with Crippen LogP contribution in [-0.2, 0) is 20.9 Å². The number of benzene rings is 1. The number of thioether (sulfide) groups is 1. The van der Waals surface area contributed by atoms with E-state index >= 15 is 0 Å². The summed E-state index contributed by atoms with van der Waals surface area (Å²) in [6.07, 6.45) is 8.27. The number of ketones is 1. The Bertz CT molecular complexity index is 1680. The number of esters is 1. The quantitative estimate of drug-likeness (QED) is 0.136. The first-order valence-corrected chi connectivity index (χ1v) is 17.7. The molecule has 0 radical (unpaired) electrons. The maximum atomic E-state index is 13.6. The van der Waals surface area contributed by atoms with Crippen molar-refractivity contribution in [2.75, 3.05) is 5.75 Å². The molecule has 2 aromatic heterocycles. The van der Waals surface area contributed by atoms with Gasteiger partial charge in [-0.3, -0.25) is 9.59 Å². The number of fused-ring (bicyclic) bond motifs is 1. The molecule has 3 fully saturated rings. The first kappa shape index (κ1) is 31.9. The standard InChI is InChI=1S/C36H42N3O4S2/c1-6-34(4)17-29(35(5)22(2)11-14-36(23(3)32(34)42)15-12-27(40)31(35)36)43-30(41)21-44-33-38-26-13-16-39(20-28(26)45-33)19-25-9-7-24(18-37)8-10-25/h6-10,13,16,20,22-23,29,31-32,42H,1,11-12,14-15,17,19,21H2,2-5H3/q+1/t22-,23+,29-,31+,32+,34-,35+,36+/m1/s1. The van der Waals surface area contributed by atoms with Gasteiger partial charge in [-0.25, -0.2) is 4.98 Å². The Kier molecular flexibility index (Phi) is 8.47. The Labute approximate surface area is 273 Å². The summed E-state index contributed by atoms with van der Waals surface area (Å²) >= 11 is 2.91. The van der Waals surface area contributed by atoms with Crippen LogP contribution in [0.1, 0.15) is 70.9 Å². The number of hydrogen-bond acceptors (Lipinski definition) is 8. The summed E-state index contributed by atoms with van der Waals surface area (Å²) in [7, 11) is 0. The van der Waals surface area contributed by atoms with Crippen molar-refractivity contribution in [1.82, 2.24) is 4.98 Å².